The van der Waals surface area contributed by atoms with Crippen LogP contribution in [0.4, 0.5) is 0 Å². The van der Waals surface area contributed by atoms with Gasteiger partial charge in [0.05, 0.1) is 16.4 Å². The molecule has 1 aromatic rings. The first-order valence-electron chi connectivity index (χ1n) is 8.02. The molecule has 0 saturated heterocycles. The van der Waals surface area contributed by atoms with Gasteiger partial charge in [-0.3, -0.25) is 4.68 Å². The van der Waals surface area contributed by atoms with E-state index in [0.29, 0.717) is 12.0 Å². The smallest absolute Gasteiger partial charge is 0.0850 e. The molecule has 1 aromatic heterocycles. The van der Waals surface area contributed by atoms with Crippen LogP contribution in [0.1, 0.15) is 58.3 Å². The highest BCUT2D eigenvalue weighted by atomic mass is 35.5. The standard InChI is InChI=1S/C16H30ClN3/c1-6-10-18-14(12(7-2)8-3)11-15-16(17)13(9-4)19-20(15)5/h12,14,18H,6-11H2,1-5H3. The van der Waals surface area contributed by atoms with Gasteiger partial charge in [0.2, 0.25) is 0 Å². The molecule has 1 N–H and O–H groups in total. The Morgan fingerprint density at radius 1 is 1.20 bits per heavy atom. The summed E-state index contributed by atoms with van der Waals surface area (Å²) in [7, 11) is 2.00. The van der Waals surface area contributed by atoms with E-state index in [0.717, 1.165) is 36.5 Å². The summed E-state index contributed by atoms with van der Waals surface area (Å²) < 4.78 is 1.96. The van der Waals surface area contributed by atoms with Crippen LogP contribution >= 0.6 is 11.6 Å². The van der Waals surface area contributed by atoms with Gasteiger partial charge in [0.1, 0.15) is 0 Å². The maximum absolute atomic E-state index is 6.49. The van der Waals surface area contributed by atoms with Gasteiger partial charge in [0.25, 0.3) is 0 Å². The zero-order valence-electron chi connectivity index (χ0n) is 13.7. The van der Waals surface area contributed by atoms with E-state index in [2.05, 4.69) is 38.1 Å². The van der Waals surface area contributed by atoms with Crippen LogP contribution in [-0.4, -0.2) is 22.4 Å². The average molecular weight is 300 g/mol. The van der Waals surface area contributed by atoms with Gasteiger partial charge in [-0.2, -0.15) is 5.10 Å². The SMILES string of the molecule is CCCNC(Cc1c(Cl)c(CC)nn1C)C(CC)CC. The van der Waals surface area contributed by atoms with Crippen LogP contribution in [0.3, 0.4) is 0 Å². The Morgan fingerprint density at radius 2 is 1.85 bits per heavy atom. The van der Waals surface area contributed by atoms with Gasteiger partial charge < -0.3 is 5.32 Å². The Balaban J connectivity index is 2.91. The Bertz CT molecular complexity index is 397. The molecule has 0 aliphatic rings. The Kier molecular flexibility index (Phi) is 7.60. The van der Waals surface area contributed by atoms with E-state index in [1.165, 1.54) is 18.5 Å². The van der Waals surface area contributed by atoms with Crippen molar-refractivity contribution >= 4 is 11.6 Å². The Morgan fingerprint density at radius 3 is 2.30 bits per heavy atom. The van der Waals surface area contributed by atoms with E-state index in [-0.39, 0.29) is 0 Å². The highest BCUT2D eigenvalue weighted by Crippen LogP contribution is 2.25. The summed E-state index contributed by atoms with van der Waals surface area (Å²) in [6, 6.07) is 0.488. The molecular formula is C16H30ClN3. The second kappa shape index (κ2) is 8.68. The molecule has 0 radical (unpaired) electrons. The summed E-state index contributed by atoms with van der Waals surface area (Å²) in [5.74, 6) is 0.692. The number of aryl methyl sites for hydroxylation is 2. The first-order valence-corrected chi connectivity index (χ1v) is 8.40. The monoisotopic (exact) mass is 299 g/mol. The van der Waals surface area contributed by atoms with E-state index < -0.39 is 0 Å². The van der Waals surface area contributed by atoms with E-state index in [9.17, 15) is 0 Å². The minimum absolute atomic E-state index is 0.488. The van der Waals surface area contributed by atoms with Gasteiger partial charge in [-0.05, 0) is 25.3 Å². The van der Waals surface area contributed by atoms with Crippen molar-refractivity contribution < 1.29 is 0 Å². The normalized spacial score (nSPS) is 13.2. The largest absolute Gasteiger partial charge is 0.313 e. The summed E-state index contributed by atoms with van der Waals surface area (Å²) in [6.45, 7) is 9.93. The lowest BCUT2D eigenvalue weighted by molar-refractivity contribution is 0.327. The molecular weight excluding hydrogens is 270 g/mol. The highest BCUT2D eigenvalue weighted by molar-refractivity contribution is 6.31. The molecule has 20 heavy (non-hydrogen) atoms. The molecule has 1 unspecified atom stereocenters. The molecule has 1 heterocycles. The highest BCUT2D eigenvalue weighted by Gasteiger charge is 2.22. The zero-order chi connectivity index (χ0) is 15.1. The molecule has 3 nitrogen and oxygen atoms in total. The summed E-state index contributed by atoms with van der Waals surface area (Å²) in [6.07, 6.45) is 5.43. The molecule has 1 atom stereocenters. The third kappa shape index (κ3) is 4.23. The number of halogens is 1. The van der Waals surface area contributed by atoms with Crippen LogP contribution in [0.2, 0.25) is 5.02 Å². The number of nitrogens with one attached hydrogen (secondary N) is 1. The van der Waals surface area contributed by atoms with Crippen molar-refractivity contribution in [2.45, 2.75) is 65.8 Å². The maximum Gasteiger partial charge on any atom is 0.0850 e. The van der Waals surface area contributed by atoms with E-state index in [1.807, 2.05) is 11.7 Å². The van der Waals surface area contributed by atoms with Crippen LogP contribution in [0, 0.1) is 5.92 Å². The van der Waals surface area contributed by atoms with Crippen LogP contribution in [0.25, 0.3) is 0 Å². The van der Waals surface area contributed by atoms with E-state index in [1.54, 1.807) is 0 Å². The zero-order valence-corrected chi connectivity index (χ0v) is 14.4. The van der Waals surface area contributed by atoms with Gasteiger partial charge in [-0.15, -0.1) is 0 Å². The predicted molar refractivity (Wildman–Crippen MR) is 87.5 cm³/mol. The lowest BCUT2D eigenvalue weighted by Crippen LogP contribution is -2.38. The maximum atomic E-state index is 6.49. The minimum Gasteiger partial charge on any atom is -0.313 e. The molecule has 0 spiro atoms. The van der Waals surface area contributed by atoms with E-state index in [4.69, 9.17) is 11.6 Å². The van der Waals surface area contributed by atoms with Crippen LogP contribution in [0.5, 0.6) is 0 Å². The van der Waals surface area contributed by atoms with E-state index >= 15 is 0 Å². The van der Waals surface area contributed by atoms with Crippen molar-refractivity contribution in [2.24, 2.45) is 13.0 Å². The van der Waals surface area contributed by atoms with Crippen molar-refractivity contribution in [3.63, 3.8) is 0 Å². The minimum atomic E-state index is 0.488. The second-order valence-corrected chi connectivity index (χ2v) is 5.90. The summed E-state index contributed by atoms with van der Waals surface area (Å²) in [5, 5.41) is 9.10. The molecule has 0 fully saturated rings. The van der Waals surface area contributed by atoms with Crippen LogP contribution in [-0.2, 0) is 19.9 Å². The molecule has 0 aliphatic carbocycles. The summed E-state index contributed by atoms with van der Waals surface area (Å²) in [4.78, 5) is 0. The number of aromatic nitrogens is 2. The first-order chi connectivity index (χ1) is 9.58. The number of rotatable bonds is 9. The van der Waals surface area contributed by atoms with Crippen LogP contribution < -0.4 is 5.32 Å². The van der Waals surface area contributed by atoms with Crippen molar-refractivity contribution in [1.82, 2.24) is 15.1 Å². The molecule has 0 saturated carbocycles. The fraction of sp³-hybridized carbons (Fsp3) is 0.812. The summed E-state index contributed by atoms with van der Waals surface area (Å²) in [5.41, 5.74) is 2.19. The topological polar surface area (TPSA) is 29.9 Å². The number of hydrogen-bond acceptors (Lipinski definition) is 2. The van der Waals surface area contributed by atoms with Gasteiger partial charge >= 0.3 is 0 Å². The lowest BCUT2D eigenvalue weighted by atomic mass is 9.90. The number of nitrogens with zero attached hydrogens (tertiary/aromatic N) is 2. The molecule has 4 heteroatoms. The third-order valence-electron chi connectivity index (χ3n) is 4.19. The molecule has 0 bridgehead atoms. The molecule has 0 amide bonds. The molecule has 0 aliphatic heterocycles. The van der Waals surface area contributed by atoms with Crippen LogP contribution in [0.15, 0.2) is 0 Å². The first kappa shape index (κ1) is 17.5. The second-order valence-electron chi connectivity index (χ2n) is 5.53. The van der Waals surface area contributed by atoms with Crippen molar-refractivity contribution in [2.75, 3.05) is 6.54 Å². The van der Waals surface area contributed by atoms with Gasteiger partial charge in [0, 0.05) is 19.5 Å². The quantitative estimate of drug-likeness (QED) is 0.747. The third-order valence-corrected chi connectivity index (χ3v) is 4.63. The van der Waals surface area contributed by atoms with Crippen molar-refractivity contribution in [3.8, 4) is 0 Å². The molecule has 1 rings (SSSR count). The number of hydrogen-bond donors (Lipinski definition) is 1. The fourth-order valence-electron chi connectivity index (χ4n) is 2.84. The lowest BCUT2D eigenvalue weighted by Gasteiger charge is -2.26. The molecule has 0 aromatic carbocycles. The van der Waals surface area contributed by atoms with Crippen molar-refractivity contribution in [1.29, 1.82) is 0 Å². The van der Waals surface area contributed by atoms with Crippen molar-refractivity contribution in [3.05, 3.63) is 16.4 Å². The fourth-order valence-corrected chi connectivity index (χ4v) is 3.21. The van der Waals surface area contributed by atoms with Gasteiger partial charge in [0.15, 0.2) is 0 Å². The summed E-state index contributed by atoms with van der Waals surface area (Å²) >= 11 is 6.49. The Labute approximate surface area is 129 Å². The van der Waals surface area contributed by atoms with Gasteiger partial charge in [-0.1, -0.05) is 52.1 Å². The predicted octanol–water partition coefficient (Wildman–Crippen LogP) is 3.98. The Hall–Kier alpha value is -0.540. The molecule has 116 valence electrons. The average Bonchev–Trinajstić information content (AvgIpc) is 2.72. The van der Waals surface area contributed by atoms with Gasteiger partial charge in [-0.25, -0.2) is 0 Å².